The molecule has 5 heteroatoms. The molecule has 8 heavy (non-hydrogen) atoms. The van der Waals surface area contributed by atoms with Crippen LogP contribution in [-0.2, 0) is 0 Å². The highest BCUT2D eigenvalue weighted by molar-refractivity contribution is 6.16. The quantitative estimate of drug-likeness (QED) is 0.489. The second-order valence-corrected chi connectivity index (χ2v) is 1.12. The van der Waals surface area contributed by atoms with Crippen molar-refractivity contribution in [2.45, 2.75) is 0 Å². The monoisotopic (exact) mass is 111 g/mol. The summed E-state index contributed by atoms with van der Waals surface area (Å²) in [6, 6.07) is 1.68. The summed E-state index contributed by atoms with van der Waals surface area (Å²) in [6.45, 7) is 0. The molecule has 0 unspecified atom stereocenters. The van der Waals surface area contributed by atoms with Gasteiger partial charge in [-0.25, -0.2) is 0 Å². The number of hydrogen-bond donors (Lipinski definition) is 1. The Morgan fingerprint density at radius 3 is 3.12 bits per heavy atom. The predicted octanol–water partition coefficient (Wildman–Crippen LogP) is -1.16. The molecule has 0 atom stereocenters. The topological polar surface area (TPSA) is 47.3 Å². The van der Waals surface area contributed by atoms with E-state index in [0.717, 1.165) is 4.85 Å². The molecule has 1 N–H and O–H groups in total. The first-order valence-electron chi connectivity index (χ1n) is 2.06. The summed E-state index contributed by atoms with van der Waals surface area (Å²) < 4.78 is 4.38. The molecule has 1 heterocycles. The van der Waals surface area contributed by atoms with Gasteiger partial charge < -0.3 is 9.78 Å². The van der Waals surface area contributed by atoms with E-state index in [2.05, 4.69) is 9.85 Å². The van der Waals surface area contributed by atoms with Gasteiger partial charge in [0.05, 0.1) is 12.4 Å². The summed E-state index contributed by atoms with van der Waals surface area (Å²) in [5, 5.41) is 11.6. The Bertz CT molecular complexity index is 141. The smallest absolute Gasteiger partial charge is 0.433 e. The average molecular weight is 111 g/mol. The molecule has 0 aliphatic rings. The minimum Gasteiger partial charge on any atom is -0.433 e. The third-order valence-electron chi connectivity index (χ3n) is 0.635. The highest BCUT2D eigenvalue weighted by atomic mass is 16.7. The molecule has 0 aromatic carbocycles. The van der Waals surface area contributed by atoms with Crippen molar-refractivity contribution >= 4 is 7.69 Å². The van der Waals surface area contributed by atoms with E-state index in [4.69, 9.17) is 5.02 Å². The molecule has 0 aliphatic carbocycles. The molecular weight excluding hydrogens is 107 g/mol. The van der Waals surface area contributed by atoms with Crippen LogP contribution in [0, 0.1) is 0 Å². The predicted molar refractivity (Wildman–Crippen MR) is 26.8 cm³/mol. The summed E-state index contributed by atoms with van der Waals surface area (Å²) in [7, 11) is 0.562. The van der Waals surface area contributed by atoms with E-state index in [1.165, 1.54) is 0 Å². The maximum absolute atomic E-state index is 8.03. The zero-order valence-corrected chi connectivity index (χ0v) is 4.06. The summed E-state index contributed by atoms with van der Waals surface area (Å²) in [5.41, 5.74) is 0. The van der Waals surface area contributed by atoms with Crippen molar-refractivity contribution < 1.29 is 9.78 Å². The highest BCUT2D eigenvalue weighted by Gasteiger charge is 1.87. The first-order chi connectivity index (χ1) is 3.93. The van der Waals surface area contributed by atoms with E-state index in [9.17, 15) is 0 Å². The molecule has 0 fully saturated rings. The first-order valence-corrected chi connectivity index (χ1v) is 2.06. The Morgan fingerprint density at radius 1 is 1.75 bits per heavy atom. The van der Waals surface area contributed by atoms with Gasteiger partial charge in [-0.1, -0.05) is 0 Å². The van der Waals surface area contributed by atoms with Crippen LogP contribution in [0.5, 0.6) is 0 Å². The van der Waals surface area contributed by atoms with Gasteiger partial charge in [-0.3, -0.25) is 0 Å². The number of nitrogens with zero attached hydrogens (tertiary/aromatic N) is 2. The Morgan fingerprint density at radius 2 is 2.62 bits per heavy atom. The van der Waals surface area contributed by atoms with Crippen molar-refractivity contribution in [2.75, 3.05) is 0 Å². The molecule has 1 aromatic rings. The van der Waals surface area contributed by atoms with Crippen LogP contribution < -0.4 is 4.76 Å². The number of rotatable bonds is 2. The second-order valence-electron chi connectivity index (χ2n) is 1.12. The van der Waals surface area contributed by atoms with Gasteiger partial charge in [0.25, 0.3) is 0 Å². The van der Waals surface area contributed by atoms with Crippen molar-refractivity contribution in [3.05, 3.63) is 18.5 Å². The first kappa shape index (κ1) is 5.18. The van der Waals surface area contributed by atoms with E-state index < -0.39 is 0 Å². The van der Waals surface area contributed by atoms with Crippen LogP contribution in [0.2, 0.25) is 0 Å². The number of aromatic nitrogens is 2. The van der Waals surface area contributed by atoms with Crippen LogP contribution >= 0.6 is 0 Å². The SMILES string of the molecule is O[B]On1cccn1. The van der Waals surface area contributed by atoms with Crippen LogP contribution in [0.3, 0.4) is 0 Å². The van der Waals surface area contributed by atoms with Gasteiger partial charge in [0, 0.05) is 0 Å². The van der Waals surface area contributed by atoms with Crippen molar-refractivity contribution in [1.82, 2.24) is 9.94 Å². The van der Waals surface area contributed by atoms with Crippen LogP contribution in [0.4, 0.5) is 0 Å². The zero-order chi connectivity index (χ0) is 5.82. The minimum atomic E-state index is 0.562. The molecule has 0 aliphatic heterocycles. The van der Waals surface area contributed by atoms with Gasteiger partial charge in [-0.2, -0.15) is 0 Å². The van der Waals surface area contributed by atoms with Crippen molar-refractivity contribution in [1.29, 1.82) is 0 Å². The Balaban J connectivity index is 2.50. The van der Waals surface area contributed by atoms with E-state index in [0.29, 0.717) is 7.69 Å². The highest BCUT2D eigenvalue weighted by Crippen LogP contribution is 1.75. The van der Waals surface area contributed by atoms with Crippen LogP contribution in [-0.4, -0.2) is 22.7 Å². The van der Waals surface area contributed by atoms with Gasteiger partial charge in [0.1, 0.15) is 0 Å². The van der Waals surface area contributed by atoms with E-state index in [1.54, 1.807) is 18.5 Å². The third-order valence-corrected chi connectivity index (χ3v) is 0.635. The maximum Gasteiger partial charge on any atom is 0.593 e. The lowest BCUT2D eigenvalue weighted by Gasteiger charge is -1.94. The molecule has 0 saturated heterocycles. The zero-order valence-electron chi connectivity index (χ0n) is 4.06. The van der Waals surface area contributed by atoms with E-state index >= 15 is 0 Å². The Kier molecular flexibility index (Phi) is 1.53. The van der Waals surface area contributed by atoms with Crippen molar-refractivity contribution in [2.24, 2.45) is 0 Å². The molecule has 0 spiro atoms. The average Bonchev–Trinajstić information content (AvgIpc) is 2.19. The fourth-order valence-electron chi connectivity index (χ4n) is 0.365. The van der Waals surface area contributed by atoms with Gasteiger partial charge >= 0.3 is 7.69 Å². The largest absolute Gasteiger partial charge is 0.593 e. The maximum atomic E-state index is 8.03. The molecule has 0 saturated carbocycles. The summed E-state index contributed by atoms with van der Waals surface area (Å²) in [6.07, 6.45) is 3.11. The molecular formula is C3H4BN2O2. The Hall–Kier alpha value is -0.965. The van der Waals surface area contributed by atoms with E-state index in [-0.39, 0.29) is 0 Å². The fraction of sp³-hybridized carbons (Fsp3) is 0. The number of hydrogen-bond acceptors (Lipinski definition) is 3. The lowest BCUT2D eigenvalue weighted by Crippen LogP contribution is -2.15. The minimum absolute atomic E-state index is 0.562. The molecule has 4 nitrogen and oxygen atoms in total. The second kappa shape index (κ2) is 2.37. The molecule has 41 valence electrons. The molecule has 0 amide bonds. The van der Waals surface area contributed by atoms with Gasteiger partial charge in [-0.15, -0.1) is 9.94 Å². The van der Waals surface area contributed by atoms with E-state index in [1.807, 2.05) is 0 Å². The van der Waals surface area contributed by atoms with Crippen molar-refractivity contribution in [3.8, 4) is 0 Å². The molecule has 1 aromatic heterocycles. The Labute approximate surface area is 47.0 Å². The van der Waals surface area contributed by atoms with Crippen LogP contribution in [0.15, 0.2) is 18.5 Å². The van der Waals surface area contributed by atoms with Gasteiger partial charge in [0.2, 0.25) is 0 Å². The van der Waals surface area contributed by atoms with Crippen LogP contribution in [0.1, 0.15) is 0 Å². The summed E-state index contributed by atoms with van der Waals surface area (Å²) in [4.78, 5) is 1.12. The van der Waals surface area contributed by atoms with Gasteiger partial charge in [-0.05, 0) is 6.07 Å². The molecule has 0 bridgehead atoms. The standard InChI is InChI=1S/C3H4BN2O2/c7-4-8-6-3-1-2-5-6/h1-3,7H. The normalized spacial score (nSPS) is 8.62. The lowest BCUT2D eigenvalue weighted by molar-refractivity contribution is 0.212. The fourth-order valence-corrected chi connectivity index (χ4v) is 0.365. The lowest BCUT2D eigenvalue weighted by atomic mass is 10.4. The summed E-state index contributed by atoms with van der Waals surface area (Å²) in [5.74, 6) is 0. The molecule has 1 rings (SSSR count). The van der Waals surface area contributed by atoms with Crippen molar-refractivity contribution in [3.63, 3.8) is 0 Å². The molecule has 1 radical (unpaired) electrons. The summed E-state index contributed by atoms with van der Waals surface area (Å²) >= 11 is 0. The third kappa shape index (κ3) is 1.00. The van der Waals surface area contributed by atoms with Gasteiger partial charge in [0.15, 0.2) is 0 Å². The van der Waals surface area contributed by atoms with Crippen LogP contribution in [0.25, 0.3) is 0 Å².